The zero-order chi connectivity index (χ0) is 20.3. The van der Waals surface area contributed by atoms with E-state index in [0.29, 0.717) is 23.4 Å². The van der Waals surface area contributed by atoms with Gasteiger partial charge in [0.2, 0.25) is 11.8 Å². The Bertz CT molecular complexity index is 988. The molecule has 28 heavy (non-hydrogen) atoms. The van der Waals surface area contributed by atoms with E-state index < -0.39 is 17.3 Å². The molecule has 146 valence electrons. The summed E-state index contributed by atoms with van der Waals surface area (Å²) in [5.74, 6) is -1.35. The Balaban J connectivity index is 2.06. The van der Waals surface area contributed by atoms with Crippen LogP contribution in [0.1, 0.15) is 39.2 Å². The largest absolute Gasteiger partial charge is 0.462 e. The van der Waals surface area contributed by atoms with Gasteiger partial charge in [0.05, 0.1) is 12.2 Å². The van der Waals surface area contributed by atoms with Gasteiger partial charge in [-0.15, -0.1) is 0 Å². The van der Waals surface area contributed by atoms with E-state index in [0.717, 1.165) is 0 Å². The number of fused-ring (bicyclic) bond motifs is 3. The fourth-order valence-electron chi connectivity index (χ4n) is 4.47. The summed E-state index contributed by atoms with van der Waals surface area (Å²) < 4.78 is 10.9. The molecule has 0 radical (unpaired) electrons. The Labute approximate surface area is 162 Å². The lowest BCUT2D eigenvalue weighted by Crippen LogP contribution is -2.50. The molecule has 3 N–H and O–H groups in total. The van der Waals surface area contributed by atoms with Crippen molar-refractivity contribution in [2.24, 2.45) is 11.1 Å². The molecule has 0 bridgehead atoms. The van der Waals surface area contributed by atoms with E-state index in [2.05, 4.69) is 5.32 Å². The van der Waals surface area contributed by atoms with Gasteiger partial charge in [-0.2, -0.15) is 0 Å². The van der Waals surface area contributed by atoms with Crippen LogP contribution in [-0.2, 0) is 29.3 Å². The van der Waals surface area contributed by atoms with E-state index in [1.165, 1.54) is 0 Å². The number of allylic oxidation sites excluding steroid dienone is 1. The Hall–Kier alpha value is -3.09. The van der Waals surface area contributed by atoms with Gasteiger partial charge >= 0.3 is 5.97 Å². The third-order valence-electron chi connectivity index (χ3n) is 5.46. The molecule has 7 heteroatoms. The third-order valence-corrected chi connectivity index (χ3v) is 5.46. The molecule has 0 fully saturated rings. The molecule has 0 saturated heterocycles. The predicted octanol–water partition coefficient (Wildman–Crippen LogP) is 2.28. The molecule has 0 unspecified atom stereocenters. The highest BCUT2D eigenvalue weighted by Crippen LogP contribution is 2.56. The highest BCUT2D eigenvalue weighted by Gasteiger charge is 2.62. The van der Waals surface area contributed by atoms with Crippen molar-refractivity contribution >= 4 is 23.3 Å². The van der Waals surface area contributed by atoms with E-state index in [9.17, 15) is 14.4 Å². The Morgan fingerprint density at radius 3 is 2.68 bits per heavy atom. The smallest absolute Gasteiger partial charge is 0.341 e. The van der Waals surface area contributed by atoms with Crippen molar-refractivity contribution in [3.05, 3.63) is 52.6 Å². The second-order valence-corrected chi connectivity index (χ2v) is 8.05. The van der Waals surface area contributed by atoms with Crippen molar-refractivity contribution in [1.82, 2.24) is 0 Å². The molecule has 7 nitrogen and oxygen atoms in total. The molecule has 1 aromatic rings. The van der Waals surface area contributed by atoms with Crippen molar-refractivity contribution < 1.29 is 23.9 Å². The summed E-state index contributed by atoms with van der Waals surface area (Å²) in [7, 11) is 0. The minimum Gasteiger partial charge on any atom is -0.462 e. The van der Waals surface area contributed by atoms with Crippen LogP contribution >= 0.6 is 0 Å². The molecule has 1 amide bonds. The van der Waals surface area contributed by atoms with E-state index >= 15 is 0 Å². The SMILES string of the molecule is CCOC(=O)C1=C(N)OC2=C(C(=O)CC(C)(C)C2)[C@@]12C(=O)Nc1ccccc12. The minimum atomic E-state index is -1.66. The first-order chi connectivity index (χ1) is 13.2. The van der Waals surface area contributed by atoms with Gasteiger partial charge in [-0.25, -0.2) is 4.79 Å². The van der Waals surface area contributed by atoms with Gasteiger partial charge in [0.25, 0.3) is 0 Å². The average molecular weight is 382 g/mol. The maximum absolute atomic E-state index is 13.4. The van der Waals surface area contributed by atoms with Gasteiger partial charge < -0.3 is 20.5 Å². The number of ether oxygens (including phenoxy) is 2. The lowest BCUT2D eigenvalue weighted by Gasteiger charge is -2.41. The second kappa shape index (κ2) is 5.95. The lowest BCUT2D eigenvalue weighted by atomic mass is 9.62. The van der Waals surface area contributed by atoms with Gasteiger partial charge in [-0.1, -0.05) is 32.0 Å². The number of esters is 1. The van der Waals surface area contributed by atoms with Crippen LogP contribution in [0, 0.1) is 5.41 Å². The normalized spacial score (nSPS) is 25.2. The Morgan fingerprint density at radius 1 is 1.25 bits per heavy atom. The summed E-state index contributed by atoms with van der Waals surface area (Å²) in [5.41, 5.74) is 5.25. The van der Waals surface area contributed by atoms with Crippen LogP contribution in [0.25, 0.3) is 0 Å². The number of carbonyl (C=O) groups excluding carboxylic acids is 3. The Morgan fingerprint density at radius 2 is 1.96 bits per heavy atom. The molecule has 1 atom stereocenters. The number of nitrogens with one attached hydrogen (secondary N) is 1. The number of rotatable bonds is 2. The van der Waals surface area contributed by atoms with E-state index in [1.54, 1.807) is 31.2 Å². The molecule has 0 saturated carbocycles. The second-order valence-electron chi connectivity index (χ2n) is 8.05. The van der Waals surface area contributed by atoms with Crippen molar-refractivity contribution in [1.29, 1.82) is 0 Å². The number of Topliss-reactive ketones (excluding diaryl/α,β-unsaturated/α-hetero) is 1. The number of benzene rings is 1. The Kier molecular flexibility index (Phi) is 3.89. The third kappa shape index (κ3) is 2.32. The fraction of sp³-hybridized carbons (Fsp3) is 0.381. The van der Waals surface area contributed by atoms with E-state index in [1.807, 2.05) is 13.8 Å². The van der Waals surface area contributed by atoms with Crippen LogP contribution < -0.4 is 11.1 Å². The first-order valence-electron chi connectivity index (χ1n) is 9.25. The van der Waals surface area contributed by atoms with Crippen molar-refractivity contribution in [2.45, 2.75) is 39.0 Å². The van der Waals surface area contributed by atoms with Crippen LogP contribution in [0.4, 0.5) is 5.69 Å². The molecule has 1 spiro atoms. The molecule has 4 rings (SSSR count). The van der Waals surface area contributed by atoms with Crippen LogP contribution in [-0.4, -0.2) is 24.3 Å². The molecule has 3 aliphatic rings. The molecule has 2 heterocycles. The number of hydrogen-bond acceptors (Lipinski definition) is 6. The van der Waals surface area contributed by atoms with Crippen LogP contribution in [0.3, 0.4) is 0 Å². The molecule has 1 aliphatic carbocycles. The highest BCUT2D eigenvalue weighted by molar-refractivity contribution is 6.22. The van der Waals surface area contributed by atoms with Gasteiger partial charge in [0, 0.05) is 24.1 Å². The van der Waals surface area contributed by atoms with Gasteiger partial charge in [-0.05, 0) is 18.4 Å². The standard InChI is InChI=1S/C21H22N2O5/c1-4-27-18(25)16-17(22)28-14-10-20(2,3)9-13(24)15(14)21(16)11-7-5-6-8-12(11)23-19(21)26/h5-8H,4,9-10,22H2,1-3H3,(H,23,26)/t21-/m1/s1. The number of para-hydroxylation sites is 1. The number of ketones is 1. The number of amides is 1. The van der Waals surface area contributed by atoms with Crippen molar-refractivity contribution in [2.75, 3.05) is 11.9 Å². The molecule has 0 aromatic heterocycles. The van der Waals surface area contributed by atoms with Gasteiger partial charge in [0.15, 0.2) is 5.78 Å². The summed E-state index contributed by atoms with van der Waals surface area (Å²) in [6.07, 6.45) is 0.671. The number of carbonyl (C=O) groups is 3. The average Bonchev–Trinajstić information content (AvgIpc) is 2.86. The van der Waals surface area contributed by atoms with E-state index in [-0.39, 0.29) is 41.3 Å². The monoisotopic (exact) mass is 382 g/mol. The first-order valence-corrected chi connectivity index (χ1v) is 9.25. The zero-order valence-electron chi connectivity index (χ0n) is 16.0. The molecular weight excluding hydrogens is 360 g/mol. The molecule has 2 aliphatic heterocycles. The van der Waals surface area contributed by atoms with Gasteiger partial charge in [-0.3, -0.25) is 9.59 Å². The number of hydrogen-bond donors (Lipinski definition) is 2. The summed E-state index contributed by atoms with van der Waals surface area (Å²) in [4.78, 5) is 39.5. The lowest BCUT2D eigenvalue weighted by molar-refractivity contribution is -0.141. The fourth-order valence-corrected chi connectivity index (χ4v) is 4.47. The predicted molar refractivity (Wildman–Crippen MR) is 101 cm³/mol. The highest BCUT2D eigenvalue weighted by atomic mass is 16.5. The molecule has 1 aromatic carbocycles. The summed E-state index contributed by atoms with van der Waals surface area (Å²) in [5, 5.41) is 2.80. The summed E-state index contributed by atoms with van der Waals surface area (Å²) in [6, 6.07) is 6.99. The number of anilines is 1. The number of nitrogens with two attached hydrogens (primary N) is 1. The quantitative estimate of drug-likeness (QED) is 0.760. The van der Waals surface area contributed by atoms with Crippen LogP contribution in [0.2, 0.25) is 0 Å². The minimum absolute atomic E-state index is 0.0990. The maximum atomic E-state index is 13.4. The zero-order valence-corrected chi connectivity index (χ0v) is 16.0. The molecular formula is C21H22N2O5. The topological polar surface area (TPSA) is 108 Å². The summed E-state index contributed by atoms with van der Waals surface area (Å²) >= 11 is 0. The van der Waals surface area contributed by atoms with E-state index in [4.69, 9.17) is 15.2 Å². The van der Waals surface area contributed by atoms with Crippen LogP contribution in [0.5, 0.6) is 0 Å². The van der Waals surface area contributed by atoms with Gasteiger partial charge in [0.1, 0.15) is 16.7 Å². The first kappa shape index (κ1) is 18.3. The summed E-state index contributed by atoms with van der Waals surface area (Å²) in [6.45, 7) is 5.66. The van der Waals surface area contributed by atoms with Crippen molar-refractivity contribution in [3.8, 4) is 0 Å². The maximum Gasteiger partial charge on any atom is 0.341 e. The van der Waals surface area contributed by atoms with Crippen LogP contribution in [0.15, 0.2) is 47.1 Å². The van der Waals surface area contributed by atoms with Crippen molar-refractivity contribution in [3.63, 3.8) is 0 Å².